The number of benzene rings is 1. The Labute approximate surface area is 199 Å². The molecule has 3 aliphatic heterocycles. The number of para-hydroxylation sites is 1. The summed E-state index contributed by atoms with van der Waals surface area (Å²) in [7, 11) is 3.41. The second-order valence-corrected chi connectivity index (χ2v) is 9.14. The molecule has 3 aliphatic rings. The van der Waals surface area contributed by atoms with Crippen molar-refractivity contribution in [1.82, 2.24) is 20.4 Å². The van der Waals surface area contributed by atoms with Gasteiger partial charge in [0.2, 0.25) is 11.8 Å². The van der Waals surface area contributed by atoms with Gasteiger partial charge in [-0.2, -0.15) is 0 Å². The number of nitrogens with one attached hydrogen (secondary N) is 2. The highest BCUT2D eigenvalue weighted by atomic mass is 16.5. The van der Waals surface area contributed by atoms with Gasteiger partial charge < -0.3 is 34.6 Å². The summed E-state index contributed by atoms with van der Waals surface area (Å²) in [5, 5.41) is 5.96. The van der Waals surface area contributed by atoms with E-state index in [0.29, 0.717) is 44.0 Å². The Balaban J connectivity index is 1.58. The molecular formula is C24H34N4O6. The molecular weight excluding hydrogens is 440 g/mol. The number of rotatable bonds is 3. The van der Waals surface area contributed by atoms with Crippen molar-refractivity contribution in [3.05, 3.63) is 29.8 Å². The third kappa shape index (κ3) is 5.68. The number of methoxy groups -OCH3 is 1. The molecule has 0 saturated carbocycles. The van der Waals surface area contributed by atoms with E-state index in [1.54, 1.807) is 23.1 Å². The van der Waals surface area contributed by atoms with Gasteiger partial charge in [0.15, 0.2) is 0 Å². The zero-order valence-electron chi connectivity index (χ0n) is 19.8. The minimum atomic E-state index is -0.636. The number of piperazine rings is 1. The van der Waals surface area contributed by atoms with Gasteiger partial charge in [0.25, 0.3) is 5.91 Å². The van der Waals surface area contributed by atoms with E-state index < -0.39 is 6.04 Å². The maximum atomic E-state index is 13.5. The lowest BCUT2D eigenvalue weighted by Gasteiger charge is -2.41. The summed E-state index contributed by atoms with van der Waals surface area (Å²) in [6.45, 7) is 2.17. The highest BCUT2D eigenvalue weighted by Crippen LogP contribution is 2.26. The number of carbonyl (C=O) groups is 3. The lowest BCUT2D eigenvalue weighted by atomic mass is 9.96. The molecule has 1 aromatic rings. The number of amides is 3. The third-order valence-corrected chi connectivity index (χ3v) is 6.68. The Morgan fingerprint density at radius 1 is 1.21 bits per heavy atom. The number of hydrogen-bond acceptors (Lipinski definition) is 7. The topological polar surface area (TPSA) is 109 Å². The lowest BCUT2D eigenvalue weighted by Crippen LogP contribution is -2.61. The first kappa shape index (κ1) is 24.4. The molecule has 0 radical (unpaired) electrons. The zero-order chi connectivity index (χ0) is 24.1. The van der Waals surface area contributed by atoms with E-state index >= 15 is 0 Å². The van der Waals surface area contributed by atoms with Crippen molar-refractivity contribution >= 4 is 17.7 Å². The van der Waals surface area contributed by atoms with E-state index in [2.05, 4.69) is 10.6 Å². The van der Waals surface area contributed by atoms with Crippen LogP contribution in [0.25, 0.3) is 0 Å². The molecule has 0 spiro atoms. The highest BCUT2D eigenvalue weighted by Gasteiger charge is 2.38. The standard InChI is InChI=1S/C24H34N4O6/c1-27-10-11-28-19(14-27)23(30)25-13-21-18(26-22(29)15-32-2)8-7-16(34-21)9-12-33-20-6-4-3-5-17(20)24(28)31/h3-6,16,18-19,21H,7-15H2,1-2H3,(H,25,30)(H,26,29)/t16-,18+,19-,21+/m0/s1. The van der Waals surface area contributed by atoms with Crippen molar-refractivity contribution in [1.29, 1.82) is 0 Å². The minimum absolute atomic E-state index is 0.0300. The molecule has 2 saturated heterocycles. The lowest BCUT2D eigenvalue weighted by molar-refractivity contribution is -0.132. The molecule has 0 unspecified atom stereocenters. The molecule has 0 aliphatic carbocycles. The van der Waals surface area contributed by atoms with Gasteiger partial charge in [-0.1, -0.05) is 12.1 Å². The predicted molar refractivity (Wildman–Crippen MR) is 124 cm³/mol. The first-order chi connectivity index (χ1) is 16.5. The summed E-state index contributed by atoms with van der Waals surface area (Å²) in [4.78, 5) is 42.6. The Hall–Kier alpha value is -2.69. The first-order valence-corrected chi connectivity index (χ1v) is 11.9. The van der Waals surface area contributed by atoms with E-state index in [9.17, 15) is 14.4 Å². The maximum absolute atomic E-state index is 13.5. The van der Waals surface area contributed by atoms with Gasteiger partial charge in [-0.3, -0.25) is 14.4 Å². The summed E-state index contributed by atoms with van der Waals surface area (Å²) in [5.74, 6) is -0.143. The predicted octanol–water partition coefficient (Wildman–Crippen LogP) is 0.0203. The molecule has 0 aromatic heterocycles. The van der Waals surface area contributed by atoms with Crippen molar-refractivity contribution in [2.75, 3.05) is 53.6 Å². The van der Waals surface area contributed by atoms with Crippen molar-refractivity contribution in [3.63, 3.8) is 0 Å². The van der Waals surface area contributed by atoms with Gasteiger partial charge in [0.05, 0.1) is 30.4 Å². The van der Waals surface area contributed by atoms with Crippen LogP contribution in [0, 0.1) is 0 Å². The molecule has 2 fully saturated rings. The van der Waals surface area contributed by atoms with Crippen LogP contribution >= 0.6 is 0 Å². The summed E-state index contributed by atoms with van der Waals surface area (Å²) in [5.41, 5.74) is 0.463. The van der Waals surface area contributed by atoms with E-state index in [4.69, 9.17) is 14.2 Å². The van der Waals surface area contributed by atoms with Crippen LogP contribution in [0.4, 0.5) is 0 Å². The van der Waals surface area contributed by atoms with Gasteiger partial charge >= 0.3 is 0 Å². The van der Waals surface area contributed by atoms with Gasteiger partial charge in [-0.05, 0) is 32.0 Å². The normalized spacial score (nSPS) is 28.6. The Morgan fingerprint density at radius 2 is 2.03 bits per heavy atom. The SMILES string of the molecule is COCC(=O)N[C@@H]1CC[C@H]2CCOc3ccccc3C(=O)N3CCN(C)C[C@H]3C(=O)NC[C@H]1O2. The first-order valence-electron chi connectivity index (χ1n) is 11.9. The molecule has 4 atom stereocenters. The van der Waals surface area contributed by atoms with Crippen LogP contribution in [-0.4, -0.2) is 105 Å². The average molecular weight is 475 g/mol. The van der Waals surface area contributed by atoms with Crippen LogP contribution in [0.1, 0.15) is 29.6 Å². The van der Waals surface area contributed by atoms with Crippen molar-refractivity contribution < 1.29 is 28.6 Å². The third-order valence-electron chi connectivity index (χ3n) is 6.68. The van der Waals surface area contributed by atoms with Crippen molar-refractivity contribution in [2.24, 2.45) is 0 Å². The van der Waals surface area contributed by atoms with Crippen molar-refractivity contribution in [2.45, 2.75) is 43.6 Å². The van der Waals surface area contributed by atoms with Gasteiger partial charge in [0.1, 0.15) is 18.4 Å². The quantitative estimate of drug-likeness (QED) is 0.636. The molecule has 3 heterocycles. The Bertz CT molecular complexity index is 896. The van der Waals surface area contributed by atoms with Gasteiger partial charge in [0, 0.05) is 39.7 Å². The monoisotopic (exact) mass is 474 g/mol. The molecule has 2 N–H and O–H groups in total. The van der Waals surface area contributed by atoms with Crippen LogP contribution in [-0.2, 0) is 19.1 Å². The molecule has 2 bridgehead atoms. The molecule has 34 heavy (non-hydrogen) atoms. The highest BCUT2D eigenvalue weighted by molar-refractivity contribution is 6.00. The van der Waals surface area contributed by atoms with Crippen LogP contribution in [0.2, 0.25) is 0 Å². The molecule has 10 nitrogen and oxygen atoms in total. The average Bonchev–Trinajstić information content (AvgIpc) is 2.83. The number of nitrogens with zero attached hydrogens (tertiary/aromatic N) is 2. The van der Waals surface area contributed by atoms with E-state index in [-0.39, 0.29) is 49.1 Å². The molecule has 10 heteroatoms. The van der Waals surface area contributed by atoms with Crippen LogP contribution in [0.15, 0.2) is 24.3 Å². The molecule has 3 amide bonds. The van der Waals surface area contributed by atoms with Crippen molar-refractivity contribution in [3.8, 4) is 5.75 Å². The largest absolute Gasteiger partial charge is 0.493 e. The Morgan fingerprint density at radius 3 is 2.85 bits per heavy atom. The maximum Gasteiger partial charge on any atom is 0.258 e. The summed E-state index contributed by atoms with van der Waals surface area (Å²) < 4.78 is 17.2. The van der Waals surface area contributed by atoms with Crippen LogP contribution < -0.4 is 15.4 Å². The zero-order valence-corrected chi connectivity index (χ0v) is 19.8. The molecule has 1 aromatic carbocycles. The fourth-order valence-electron chi connectivity index (χ4n) is 4.84. The number of fused-ring (bicyclic) bond motifs is 4. The number of likely N-dealkylation sites (N-methyl/N-ethyl adjacent to an activating group) is 1. The summed E-state index contributed by atoms with van der Waals surface area (Å²) in [6, 6.07) is 6.31. The molecule has 4 rings (SSSR count). The van der Waals surface area contributed by atoms with E-state index in [1.807, 2.05) is 18.0 Å². The number of hydrogen-bond donors (Lipinski definition) is 2. The second-order valence-electron chi connectivity index (χ2n) is 9.14. The number of carbonyl (C=O) groups excluding carboxylic acids is 3. The van der Waals surface area contributed by atoms with E-state index in [0.717, 1.165) is 12.8 Å². The summed E-state index contributed by atoms with van der Waals surface area (Å²) >= 11 is 0. The Kier molecular flexibility index (Phi) is 8.02. The summed E-state index contributed by atoms with van der Waals surface area (Å²) in [6.07, 6.45) is 1.68. The fraction of sp³-hybridized carbons (Fsp3) is 0.625. The van der Waals surface area contributed by atoms with E-state index in [1.165, 1.54) is 7.11 Å². The van der Waals surface area contributed by atoms with Crippen LogP contribution in [0.3, 0.4) is 0 Å². The fourth-order valence-corrected chi connectivity index (χ4v) is 4.84. The van der Waals surface area contributed by atoms with Gasteiger partial charge in [-0.25, -0.2) is 0 Å². The number of ether oxygens (including phenoxy) is 3. The smallest absolute Gasteiger partial charge is 0.258 e. The van der Waals surface area contributed by atoms with Crippen LogP contribution in [0.5, 0.6) is 5.75 Å². The minimum Gasteiger partial charge on any atom is -0.493 e. The van der Waals surface area contributed by atoms with Gasteiger partial charge in [-0.15, -0.1) is 0 Å². The second kappa shape index (κ2) is 11.2. The molecule has 186 valence electrons.